The fraction of sp³-hybridized carbons (Fsp3) is 0.875. The van der Waals surface area contributed by atoms with E-state index in [9.17, 15) is 4.79 Å². The van der Waals surface area contributed by atoms with Crippen LogP contribution in [0, 0.1) is 0 Å². The van der Waals surface area contributed by atoms with Crippen LogP contribution in [0.2, 0.25) is 0 Å². The van der Waals surface area contributed by atoms with Crippen molar-refractivity contribution in [2.45, 2.75) is 31.7 Å². The number of esters is 1. The van der Waals surface area contributed by atoms with Crippen LogP contribution < -0.4 is 0 Å². The van der Waals surface area contributed by atoms with Gasteiger partial charge in [-0.25, -0.2) is 0 Å². The molecule has 4 nitrogen and oxygen atoms in total. The molecule has 2 heterocycles. The molecule has 1 spiro atoms. The molecule has 0 saturated carbocycles. The lowest BCUT2D eigenvalue weighted by atomic mass is 10.1. The lowest BCUT2D eigenvalue weighted by Crippen LogP contribution is -2.34. The van der Waals surface area contributed by atoms with Gasteiger partial charge in [-0.3, -0.25) is 4.79 Å². The van der Waals surface area contributed by atoms with Crippen molar-refractivity contribution in [1.29, 1.82) is 0 Å². The molecule has 0 aromatic heterocycles. The molecule has 2 fully saturated rings. The molecular formula is C8H12O4. The monoisotopic (exact) mass is 172 g/mol. The lowest BCUT2D eigenvalue weighted by Gasteiger charge is -2.21. The average Bonchev–Trinajstić information content (AvgIpc) is 2.41. The SMILES string of the molecule is CC1(C)OC[C@@]2(COC(=O)C2)O1. The van der Waals surface area contributed by atoms with Crippen molar-refractivity contribution in [3.63, 3.8) is 0 Å². The van der Waals surface area contributed by atoms with E-state index >= 15 is 0 Å². The molecule has 0 aromatic carbocycles. The minimum Gasteiger partial charge on any atom is -0.462 e. The van der Waals surface area contributed by atoms with E-state index in [1.807, 2.05) is 13.8 Å². The largest absolute Gasteiger partial charge is 0.462 e. The minimum atomic E-state index is -0.575. The molecule has 2 aliphatic rings. The van der Waals surface area contributed by atoms with Crippen LogP contribution in [0.1, 0.15) is 20.3 Å². The Balaban J connectivity index is 2.11. The predicted octanol–water partition coefficient (Wildman–Crippen LogP) is 0.455. The minimum absolute atomic E-state index is 0.198. The van der Waals surface area contributed by atoms with Gasteiger partial charge in [0.2, 0.25) is 0 Å². The third-order valence-electron chi connectivity index (χ3n) is 2.11. The van der Waals surface area contributed by atoms with Crippen LogP contribution in [0.5, 0.6) is 0 Å². The fourth-order valence-electron chi connectivity index (χ4n) is 1.62. The van der Waals surface area contributed by atoms with E-state index in [1.165, 1.54) is 0 Å². The van der Waals surface area contributed by atoms with Crippen LogP contribution in [0.25, 0.3) is 0 Å². The Morgan fingerprint density at radius 3 is 2.50 bits per heavy atom. The summed E-state index contributed by atoms with van der Waals surface area (Å²) in [6.07, 6.45) is 0.316. The molecule has 0 aromatic rings. The molecule has 1 atom stereocenters. The first-order valence-electron chi connectivity index (χ1n) is 4.01. The highest BCUT2D eigenvalue weighted by Crippen LogP contribution is 2.36. The van der Waals surface area contributed by atoms with E-state index in [1.54, 1.807) is 0 Å². The first kappa shape index (κ1) is 8.01. The Hall–Kier alpha value is -0.610. The maximum absolute atomic E-state index is 10.9. The van der Waals surface area contributed by atoms with Crippen molar-refractivity contribution >= 4 is 5.97 Å². The van der Waals surface area contributed by atoms with Crippen LogP contribution in [-0.4, -0.2) is 30.6 Å². The maximum atomic E-state index is 10.9. The average molecular weight is 172 g/mol. The van der Waals surface area contributed by atoms with Crippen LogP contribution >= 0.6 is 0 Å². The van der Waals surface area contributed by atoms with E-state index in [0.717, 1.165) is 0 Å². The van der Waals surface area contributed by atoms with Crippen molar-refractivity contribution in [2.24, 2.45) is 0 Å². The summed E-state index contributed by atoms with van der Waals surface area (Å²) in [7, 11) is 0. The fourth-order valence-corrected chi connectivity index (χ4v) is 1.62. The Bertz CT molecular complexity index is 223. The summed E-state index contributed by atoms with van der Waals surface area (Å²) in [5.74, 6) is -0.773. The highest BCUT2D eigenvalue weighted by molar-refractivity contribution is 5.73. The van der Waals surface area contributed by atoms with E-state index in [2.05, 4.69) is 0 Å². The van der Waals surface area contributed by atoms with Gasteiger partial charge in [-0.1, -0.05) is 0 Å². The molecule has 12 heavy (non-hydrogen) atoms. The zero-order valence-electron chi connectivity index (χ0n) is 7.25. The van der Waals surface area contributed by atoms with Gasteiger partial charge in [-0.05, 0) is 13.8 Å². The number of carbonyl (C=O) groups excluding carboxylic acids is 1. The van der Waals surface area contributed by atoms with Crippen molar-refractivity contribution in [1.82, 2.24) is 0 Å². The molecule has 0 N–H and O–H groups in total. The highest BCUT2D eigenvalue weighted by atomic mass is 16.8. The molecular weight excluding hydrogens is 160 g/mol. The normalized spacial score (nSPS) is 39.0. The van der Waals surface area contributed by atoms with Crippen molar-refractivity contribution < 1.29 is 19.0 Å². The Labute approximate surface area is 70.8 Å². The Kier molecular flexibility index (Phi) is 1.47. The van der Waals surface area contributed by atoms with Crippen LogP contribution in [0.4, 0.5) is 0 Å². The second kappa shape index (κ2) is 2.20. The zero-order chi connectivity index (χ0) is 8.82. The number of hydrogen-bond acceptors (Lipinski definition) is 4. The van der Waals surface area contributed by atoms with Gasteiger partial charge in [0.1, 0.15) is 12.2 Å². The summed E-state index contributed by atoms with van der Waals surface area (Å²) < 4.78 is 15.8. The predicted molar refractivity (Wildman–Crippen MR) is 39.4 cm³/mol. The van der Waals surface area contributed by atoms with Gasteiger partial charge in [0.05, 0.1) is 13.0 Å². The summed E-state index contributed by atoms with van der Waals surface area (Å²) in [6.45, 7) is 4.45. The molecule has 2 saturated heterocycles. The standard InChI is InChI=1S/C8H12O4/c1-7(2)11-5-8(12-7)3-6(9)10-4-8/h3-5H2,1-2H3/t8-/m1/s1. The zero-order valence-corrected chi connectivity index (χ0v) is 7.25. The van der Waals surface area contributed by atoms with Gasteiger partial charge >= 0.3 is 5.97 Å². The molecule has 68 valence electrons. The Morgan fingerprint density at radius 1 is 1.33 bits per heavy atom. The van der Waals surface area contributed by atoms with Crippen LogP contribution in [0.15, 0.2) is 0 Å². The van der Waals surface area contributed by atoms with Gasteiger partial charge < -0.3 is 14.2 Å². The molecule has 0 radical (unpaired) electrons. The van der Waals surface area contributed by atoms with E-state index in [4.69, 9.17) is 14.2 Å². The first-order chi connectivity index (χ1) is 5.52. The quantitative estimate of drug-likeness (QED) is 0.498. The summed E-state index contributed by atoms with van der Waals surface area (Å²) in [5.41, 5.74) is -0.499. The second-order valence-corrected chi connectivity index (χ2v) is 3.81. The summed E-state index contributed by atoms with van der Waals surface area (Å²) in [4.78, 5) is 10.9. The van der Waals surface area contributed by atoms with Crippen LogP contribution in [-0.2, 0) is 19.0 Å². The van der Waals surface area contributed by atoms with E-state index in [-0.39, 0.29) is 5.97 Å². The van der Waals surface area contributed by atoms with Gasteiger partial charge in [-0.2, -0.15) is 0 Å². The van der Waals surface area contributed by atoms with E-state index < -0.39 is 11.4 Å². The molecule has 2 rings (SSSR count). The highest BCUT2D eigenvalue weighted by Gasteiger charge is 2.51. The van der Waals surface area contributed by atoms with Crippen molar-refractivity contribution in [3.8, 4) is 0 Å². The molecule has 0 amide bonds. The molecule has 0 aliphatic carbocycles. The number of ether oxygens (including phenoxy) is 3. The Morgan fingerprint density at radius 2 is 2.08 bits per heavy atom. The molecule has 0 bridgehead atoms. The molecule has 2 aliphatic heterocycles. The summed E-state index contributed by atoms with van der Waals surface area (Å²) in [6, 6.07) is 0. The molecule has 4 heteroatoms. The van der Waals surface area contributed by atoms with Gasteiger partial charge in [0.25, 0.3) is 0 Å². The van der Waals surface area contributed by atoms with Crippen molar-refractivity contribution in [3.05, 3.63) is 0 Å². The summed E-state index contributed by atoms with van der Waals surface area (Å²) in [5, 5.41) is 0. The third kappa shape index (κ3) is 1.21. The van der Waals surface area contributed by atoms with Gasteiger partial charge in [0.15, 0.2) is 5.79 Å². The number of cyclic esters (lactones) is 1. The van der Waals surface area contributed by atoms with Crippen molar-refractivity contribution in [2.75, 3.05) is 13.2 Å². The third-order valence-corrected chi connectivity index (χ3v) is 2.11. The summed E-state index contributed by atoms with van der Waals surface area (Å²) >= 11 is 0. The lowest BCUT2D eigenvalue weighted by molar-refractivity contribution is -0.160. The maximum Gasteiger partial charge on any atom is 0.309 e. The number of carbonyl (C=O) groups is 1. The number of hydrogen-bond donors (Lipinski definition) is 0. The topological polar surface area (TPSA) is 44.8 Å². The van der Waals surface area contributed by atoms with E-state index in [0.29, 0.717) is 19.6 Å². The smallest absolute Gasteiger partial charge is 0.309 e. The van der Waals surface area contributed by atoms with Crippen LogP contribution in [0.3, 0.4) is 0 Å². The number of rotatable bonds is 0. The first-order valence-corrected chi connectivity index (χ1v) is 4.01. The molecule has 0 unspecified atom stereocenters. The van der Waals surface area contributed by atoms with Gasteiger partial charge in [0, 0.05) is 0 Å². The van der Waals surface area contributed by atoms with Gasteiger partial charge in [-0.15, -0.1) is 0 Å². The second-order valence-electron chi connectivity index (χ2n) is 3.81.